The number of hydrogen-bond acceptors (Lipinski definition) is 13. The van der Waals surface area contributed by atoms with Crippen molar-refractivity contribution in [2.75, 3.05) is 4.72 Å². The molecule has 0 aliphatic rings. The molecule has 6 aromatic carbocycles. The fourth-order valence-corrected chi connectivity index (χ4v) is 13.8. The van der Waals surface area contributed by atoms with E-state index >= 15 is 0 Å². The molecule has 0 fully saturated rings. The van der Waals surface area contributed by atoms with Crippen LogP contribution in [0.2, 0.25) is 0 Å². The zero-order valence-corrected chi connectivity index (χ0v) is 53.8. The van der Waals surface area contributed by atoms with Crippen molar-refractivity contribution in [2.24, 2.45) is 0 Å². The molecule has 6 aromatic heterocycles. The number of sulfonamides is 1. The minimum atomic E-state index is -3.78. The Morgan fingerprint density at radius 3 is 1.61 bits per heavy atom. The molecule has 0 bridgehead atoms. The normalized spacial score (nSPS) is 12.2. The van der Waals surface area contributed by atoms with Gasteiger partial charge in [0.05, 0.1) is 77.5 Å². The molecule has 90 heavy (non-hydrogen) atoms. The van der Waals surface area contributed by atoms with Gasteiger partial charge in [-0.3, -0.25) is 14.7 Å². The summed E-state index contributed by atoms with van der Waals surface area (Å²) in [6.45, 7) is 17.4. The molecular formula is C69H69FN10O7S3. The van der Waals surface area contributed by atoms with Gasteiger partial charge in [-0.2, -0.15) is 20.0 Å². The lowest BCUT2D eigenvalue weighted by molar-refractivity contribution is 0.242. The van der Waals surface area contributed by atoms with Crippen molar-refractivity contribution < 1.29 is 34.4 Å². The fraction of sp³-hybridized carbons (Fsp3) is 0.217. The Hall–Kier alpha value is -9.44. The number of nitrogens with zero attached hydrogens (tertiary/aromatic N) is 9. The van der Waals surface area contributed by atoms with Crippen LogP contribution in [0.15, 0.2) is 221 Å². The summed E-state index contributed by atoms with van der Waals surface area (Å²) in [6.07, 6.45) is 6.73. The predicted octanol–water partition coefficient (Wildman–Crippen LogP) is 14.2. The minimum Gasteiger partial charge on any atom is -0.491 e. The molecule has 1 N–H and O–H groups in total. The highest BCUT2D eigenvalue weighted by Gasteiger charge is 2.25. The summed E-state index contributed by atoms with van der Waals surface area (Å²) in [5.74, 6) is 1.07. The van der Waals surface area contributed by atoms with Gasteiger partial charge in [-0.15, -0.1) is 0 Å². The maximum atomic E-state index is 13.4. The number of sulfone groups is 2. The lowest BCUT2D eigenvalue weighted by Crippen LogP contribution is -2.17. The molecule has 0 atom stereocenters. The average molecular weight is 1270 g/mol. The second-order valence-corrected chi connectivity index (χ2v) is 29.5. The number of pyridine rings is 3. The maximum Gasteiger partial charge on any atom is 0.263 e. The van der Waals surface area contributed by atoms with Crippen LogP contribution < -0.4 is 9.46 Å². The topological polar surface area (TPSA) is 216 Å². The molecule has 12 rings (SSSR count). The molecule has 0 saturated carbocycles. The highest BCUT2D eigenvalue weighted by molar-refractivity contribution is 7.92. The first-order valence-electron chi connectivity index (χ1n) is 29.0. The first-order chi connectivity index (χ1) is 42.8. The number of halogens is 1. The number of fused-ring (bicyclic) bond motifs is 3. The molecule has 0 aliphatic carbocycles. The summed E-state index contributed by atoms with van der Waals surface area (Å²) < 4.78 is 105. The van der Waals surface area contributed by atoms with Crippen LogP contribution in [-0.4, -0.2) is 75.7 Å². The van der Waals surface area contributed by atoms with Gasteiger partial charge in [-0.05, 0) is 163 Å². The summed E-state index contributed by atoms with van der Waals surface area (Å²) in [4.78, 5) is 13.8. The smallest absolute Gasteiger partial charge is 0.263 e. The van der Waals surface area contributed by atoms with Crippen LogP contribution in [-0.2, 0) is 58.7 Å². The molecule has 6 heterocycles. The molecule has 17 nitrogen and oxygen atoms in total. The average Bonchev–Trinajstić information content (AvgIpc) is 1.61. The molecular weight excluding hydrogens is 1200 g/mol. The number of aromatic nitrogens is 9. The van der Waals surface area contributed by atoms with Gasteiger partial charge in [0.2, 0.25) is 0 Å². The van der Waals surface area contributed by atoms with E-state index in [1.165, 1.54) is 22.9 Å². The molecule has 0 spiro atoms. The van der Waals surface area contributed by atoms with E-state index in [4.69, 9.17) is 4.74 Å². The Labute approximate surface area is 524 Å². The highest BCUT2D eigenvalue weighted by Crippen LogP contribution is 2.31. The van der Waals surface area contributed by atoms with Crippen LogP contribution in [0.25, 0.3) is 49.8 Å². The van der Waals surface area contributed by atoms with E-state index in [0.29, 0.717) is 45.0 Å². The summed E-state index contributed by atoms with van der Waals surface area (Å²) in [7, 11) is -11.0. The number of hydrogen-bond donors (Lipinski definition) is 1. The highest BCUT2D eigenvalue weighted by atomic mass is 32.2. The summed E-state index contributed by atoms with van der Waals surface area (Å²) in [5, 5.41) is 16.8. The summed E-state index contributed by atoms with van der Waals surface area (Å²) in [5.41, 5.74) is 7.00. The largest absolute Gasteiger partial charge is 0.491 e. The Morgan fingerprint density at radius 1 is 0.511 bits per heavy atom. The Balaban J connectivity index is 0.000000149. The number of benzene rings is 6. The van der Waals surface area contributed by atoms with Gasteiger partial charge in [0.1, 0.15) is 18.2 Å². The molecule has 0 radical (unpaired) electrons. The first-order valence-corrected chi connectivity index (χ1v) is 33.8. The van der Waals surface area contributed by atoms with Crippen molar-refractivity contribution in [3.05, 3.63) is 241 Å². The lowest BCUT2D eigenvalue weighted by Gasteiger charge is -2.19. The lowest BCUT2D eigenvalue weighted by atomic mass is 9.87. The van der Waals surface area contributed by atoms with Gasteiger partial charge < -0.3 is 4.74 Å². The second-order valence-electron chi connectivity index (χ2n) is 23.9. The quantitative estimate of drug-likeness (QED) is 0.101. The number of nitrogens with one attached hydrogen (secondary N) is 1. The van der Waals surface area contributed by atoms with E-state index in [0.717, 1.165) is 49.4 Å². The fourth-order valence-electron chi connectivity index (χ4n) is 10.1. The molecule has 21 heteroatoms. The minimum absolute atomic E-state index is 0.00823. The van der Waals surface area contributed by atoms with E-state index in [1.807, 2.05) is 130 Å². The van der Waals surface area contributed by atoms with Gasteiger partial charge >= 0.3 is 0 Å². The van der Waals surface area contributed by atoms with Crippen molar-refractivity contribution in [2.45, 2.75) is 112 Å². The number of ether oxygens (including phenoxy) is 1. The van der Waals surface area contributed by atoms with Crippen LogP contribution >= 0.6 is 0 Å². The van der Waals surface area contributed by atoms with Crippen molar-refractivity contribution in [3.63, 3.8) is 0 Å². The zero-order chi connectivity index (χ0) is 64.2. The van der Waals surface area contributed by atoms with Crippen LogP contribution in [0.4, 0.5) is 10.2 Å². The van der Waals surface area contributed by atoms with Crippen molar-refractivity contribution in [1.82, 2.24) is 44.3 Å². The van der Waals surface area contributed by atoms with E-state index in [-0.39, 0.29) is 43.9 Å². The van der Waals surface area contributed by atoms with E-state index < -0.39 is 36.4 Å². The molecule has 462 valence electrons. The van der Waals surface area contributed by atoms with E-state index in [1.54, 1.807) is 88.7 Å². The third-order valence-corrected chi connectivity index (χ3v) is 19.4. The van der Waals surface area contributed by atoms with Gasteiger partial charge in [-0.1, -0.05) is 102 Å². The summed E-state index contributed by atoms with van der Waals surface area (Å²) in [6, 6.07) is 53.8. The van der Waals surface area contributed by atoms with Crippen molar-refractivity contribution >= 4 is 68.1 Å². The maximum absolute atomic E-state index is 13.4. The standard InChI is InChI=1S/C23H22FN3O3S.C23H24N4O2S.C23H23N3O2S/c1-16(2)30-19-8-10-20(11-9-19)31(28,29)15-18-13-17(14-24)26-27(18)23-7-3-6-22-21(23)5-4-12-25-22;1-16-15-21(26-30(28,29)19-11-9-18(10-12-19)23(2,3)4)27(25-16)22-20-8-6-5-7-17(20)13-14-24-22;1-23(2,3)17-9-11-19(12-10-17)29(27,28)16-18-13-15-25-26(18)22-8-4-7-21-20(22)6-5-14-24-21/h3-13,16H,14-15H2,1-2H3;5-15,26H,1-4H3;4-15H,16H2,1-3H3. The number of aryl methyl sites for hydroxylation is 1. The van der Waals surface area contributed by atoms with Crippen molar-refractivity contribution in [3.8, 4) is 22.9 Å². The monoisotopic (exact) mass is 1260 g/mol. The molecule has 0 amide bonds. The van der Waals surface area contributed by atoms with Crippen LogP contribution in [0.1, 0.15) is 89.3 Å². The third kappa shape index (κ3) is 14.5. The van der Waals surface area contributed by atoms with Crippen LogP contribution in [0, 0.1) is 6.92 Å². The zero-order valence-electron chi connectivity index (χ0n) is 51.3. The predicted molar refractivity (Wildman–Crippen MR) is 351 cm³/mol. The Bertz CT molecular complexity index is 4870. The summed E-state index contributed by atoms with van der Waals surface area (Å²) >= 11 is 0. The van der Waals surface area contributed by atoms with Gasteiger partial charge in [-0.25, -0.2) is 44.0 Å². The van der Waals surface area contributed by atoms with Crippen molar-refractivity contribution in [1.29, 1.82) is 0 Å². The van der Waals surface area contributed by atoms with Gasteiger partial charge in [0, 0.05) is 47.0 Å². The van der Waals surface area contributed by atoms with E-state index in [2.05, 4.69) is 76.5 Å². The van der Waals surface area contributed by atoms with Crippen LogP contribution in [0.3, 0.4) is 0 Å². The van der Waals surface area contributed by atoms with Gasteiger partial charge in [0.25, 0.3) is 10.0 Å². The Kier molecular flexibility index (Phi) is 18.3. The number of rotatable bonds is 15. The second kappa shape index (κ2) is 25.9. The number of alkyl halides is 1. The Morgan fingerprint density at radius 2 is 1.04 bits per heavy atom. The van der Waals surface area contributed by atoms with Gasteiger partial charge in [0.15, 0.2) is 25.5 Å². The molecule has 12 aromatic rings. The van der Waals surface area contributed by atoms with Crippen LogP contribution in [0.5, 0.6) is 5.75 Å². The molecule has 0 unspecified atom stereocenters. The number of anilines is 1. The first kappa shape index (κ1) is 63.6. The van der Waals surface area contributed by atoms with E-state index in [9.17, 15) is 29.6 Å². The third-order valence-electron chi connectivity index (χ3n) is 14.7. The molecule has 0 aliphatic heterocycles. The molecule has 0 saturated heterocycles. The SMILES string of the molecule is CC(C)(C)c1ccc(S(=O)(=O)Cc2ccnn2-c2cccc3ncccc23)cc1.CC(C)Oc1ccc(S(=O)(=O)Cc2cc(CF)nn2-c2cccc3ncccc23)cc1.Cc1cc(NS(=O)(=O)c2ccc(C(C)(C)C)cc2)n(-c2nccc3ccccc23)n1.